The summed E-state index contributed by atoms with van der Waals surface area (Å²) in [5.74, 6) is -4.00. The summed E-state index contributed by atoms with van der Waals surface area (Å²) >= 11 is 0. The van der Waals surface area contributed by atoms with Gasteiger partial charge in [0, 0.05) is 11.6 Å². The largest absolute Gasteiger partial charge is 0.508 e. The Morgan fingerprint density at radius 2 is 1.43 bits per heavy atom. The van der Waals surface area contributed by atoms with Crippen LogP contribution < -0.4 is 14.9 Å². The van der Waals surface area contributed by atoms with Gasteiger partial charge >= 0.3 is 0 Å². The van der Waals surface area contributed by atoms with E-state index in [0.717, 1.165) is 6.07 Å². The van der Waals surface area contributed by atoms with Crippen molar-refractivity contribution in [1.29, 1.82) is 0 Å². The lowest BCUT2D eigenvalue weighted by Crippen LogP contribution is -2.60. The normalized spacial score (nSPS) is 31.6. The van der Waals surface area contributed by atoms with Crippen molar-refractivity contribution in [3.8, 4) is 40.1 Å². The Kier molecular flexibility index (Phi) is 8.17. The molecule has 0 amide bonds. The number of phenols is 3. The van der Waals surface area contributed by atoms with Crippen molar-refractivity contribution >= 4 is 11.0 Å². The molecule has 0 bridgehead atoms. The first kappa shape index (κ1) is 29.8. The number of benzene rings is 2. The standard InChI is InChI=1S/C26H28O16/c27-6-13-16(32)18(34)20(36)26(40-13)41-23-17(33)14-10(29)5-12(8-1-3-9(28)4-2-8)39-22(14)24(21(23)37)42-25-19(35)15(31)11(30)7-38-25/h1-5,11,13,15-16,18-20,25-28,30-37H,6-7H2/t11-,13-,15-,16-,18-,19-,20+,25+,26+/m1/s1. The van der Waals surface area contributed by atoms with Gasteiger partial charge in [-0.05, 0) is 24.3 Å². The van der Waals surface area contributed by atoms with E-state index in [4.69, 9.17) is 23.4 Å². The molecule has 3 aromatic rings. The highest BCUT2D eigenvalue weighted by Crippen LogP contribution is 2.51. The number of aromatic hydroxyl groups is 3. The summed E-state index contributed by atoms with van der Waals surface area (Å²) in [6, 6.07) is 6.40. The smallest absolute Gasteiger partial charge is 0.229 e. The first-order valence-corrected chi connectivity index (χ1v) is 12.6. The Labute approximate surface area is 235 Å². The molecule has 16 heteroatoms. The second-order valence-corrected chi connectivity index (χ2v) is 9.76. The molecule has 1 aromatic heterocycles. The fourth-order valence-corrected chi connectivity index (χ4v) is 4.58. The molecule has 228 valence electrons. The monoisotopic (exact) mass is 596 g/mol. The lowest BCUT2D eigenvalue weighted by molar-refractivity contribution is -0.277. The van der Waals surface area contributed by atoms with Crippen LogP contribution in [0.1, 0.15) is 0 Å². The molecule has 16 nitrogen and oxygen atoms in total. The van der Waals surface area contributed by atoms with Gasteiger partial charge in [-0.1, -0.05) is 0 Å². The molecule has 10 N–H and O–H groups in total. The lowest BCUT2D eigenvalue weighted by atomic mass is 9.99. The highest BCUT2D eigenvalue weighted by Gasteiger charge is 2.46. The van der Waals surface area contributed by atoms with Crippen molar-refractivity contribution in [2.24, 2.45) is 0 Å². The maximum absolute atomic E-state index is 13.3. The van der Waals surface area contributed by atoms with Gasteiger partial charge in [0.2, 0.25) is 29.8 Å². The van der Waals surface area contributed by atoms with Gasteiger partial charge in [-0.15, -0.1) is 0 Å². The van der Waals surface area contributed by atoms with Crippen LogP contribution in [0.4, 0.5) is 0 Å². The van der Waals surface area contributed by atoms with Gasteiger partial charge in [0.25, 0.3) is 0 Å². The Morgan fingerprint density at radius 1 is 0.786 bits per heavy atom. The van der Waals surface area contributed by atoms with E-state index >= 15 is 0 Å². The fourth-order valence-electron chi connectivity index (χ4n) is 4.58. The van der Waals surface area contributed by atoms with Gasteiger partial charge in [-0.25, -0.2) is 0 Å². The zero-order chi connectivity index (χ0) is 30.5. The number of hydrogen-bond donors (Lipinski definition) is 10. The molecule has 5 rings (SSSR count). The maximum atomic E-state index is 13.3. The quantitative estimate of drug-likeness (QED) is 0.142. The summed E-state index contributed by atoms with van der Waals surface area (Å²) in [5.41, 5.74) is -1.20. The minimum Gasteiger partial charge on any atom is -0.508 e. The van der Waals surface area contributed by atoms with E-state index in [1.807, 2.05) is 0 Å². The van der Waals surface area contributed by atoms with Crippen molar-refractivity contribution < 1.29 is 74.4 Å². The third kappa shape index (κ3) is 5.19. The molecule has 2 aliphatic rings. The molecule has 9 atom stereocenters. The van der Waals surface area contributed by atoms with Crippen LogP contribution >= 0.6 is 0 Å². The molecule has 42 heavy (non-hydrogen) atoms. The minimum atomic E-state index is -1.98. The van der Waals surface area contributed by atoms with Crippen molar-refractivity contribution in [2.75, 3.05) is 13.2 Å². The Bertz CT molecular complexity index is 1490. The van der Waals surface area contributed by atoms with Crippen LogP contribution in [0, 0.1) is 0 Å². The number of rotatable bonds is 6. The maximum Gasteiger partial charge on any atom is 0.229 e. The van der Waals surface area contributed by atoms with Crippen LogP contribution in [0.5, 0.6) is 28.7 Å². The van der Waals surface area contributed by atoms with Crippen LogP contribution in [0.3, 0.4) is 0 Å². The van der Waals surface area contributed by atoms with Crippen LogP contribution in [-0.4, -0.2) is 120 Å². The highest BCUT2D eigenvalue weighted by molar-refractivity contribution is 5.95. The van der Waals surface area contributed by atoms with Gasteiger partial charge in [0.15, 0.2) is 16.8 Å². The van der Waals surface area contributed by atoms with Gasteiger partial charge in [0.05, 0.1) is 13.2 Å². The number of ether oxygens (including phenoxy) is 4. The molecule has 0 aliphatic carbocycles. The van der Waals surface area contributed by atoms with E-state index in [-0.39, 0.29) is 17.1 Å². The number of phenolic OH excluding ortho intramolecular Hbond substituents is 3. The van der Waals surface area contributed by atoms with E-state index in [1.165, 1.54) is 24.3 Å². The zero-order valence-corrected chi connectivity index (χ0v) is 21.4. The van der Waals surface area contributed by atoms with E-state index in [2.05, 4.69) is 0 Å². The Hall–Kier alpha value is -3.71. The van der Waals surface area contributed by atoms with Crippen molar-refractivity contribution in [3.05, 3.63) is 40.6 Å². The molecular formula is C26H28O16. The average Bonchev–Trinajstić information content (AvgIpc) is 2.97. The number of fused-ring (bicyclic) bond motifs is 1. The second-order valence-electron chi connectivity index (χ2n) is 9.76. The molecule has 0 radical (unpaired) electrons. The van der Waals surface area contributed by atoms with Gasteiger partial charge < -0.3 is 74.4 Å². The SMILES string of the molecule is O=c1cc(-c2ccc(O)cc2)oc2c(O[C@@H]3OC[C@@H](O)[C@@H](O)[C@H]3O)c(O)c(O[C@@H]3O[C@H](CO)[C@@H](O)[C@@H](O)[C@@H]3O)c(O)c12. The zero-order valence-electron chi connectivity index (χ0n) is 21.4. The minimum absolute atomic E-state index is 0.0830. The highest BCUT2D eigenvalue weighted by atomic mass is 16.7. The lowest BCUT2D eigenvalue weighted by Gasteiger charge is -2.39. The summed E-state index contributed by atoms with van der Waals surface area (Å²) in [6.45, 7) is -1.32. The van der Waals surface area contributed by atoms with E-state index in [1.54, 1.807) is 0 Å². The van der Waals surface area contributed by atoms with Gasteiger partial charge in [0.1, 0.15) is 59.6 Å². The van der Waals surface area contributed by atoms with Crippen LogP contribution in [0.25, 0.3) is 22.3 Å². The first-order chi connectivity index (χ1) is 19.9. The summed E-state index contributed by atoms with van der Waals surface area (Å²) in [7, 11) is 0. The number of aliphatic hydroxyl groups is 7. The molecule has 2 aromatic carbocycles. The molecule has 2 aliphatic heterocycles. The second kappa shape index (κ2) is 11.5. The van der Waals surface area contributed by atoms with Crippen LogP contribution in [-0.2, 0) is 9.47 Å². The average molecular weight is 596 g/mol. The summed E-state index contributed by atoms with van der Waals surface area (Å²) in [6.07, 6.45) is -15.8. The van der Waals surface area contributed by atoms with E-state index in [0.29, 0.717) is 0 Å². The molecule has 3 heterocycles. The summed E-state index contributed by atoms with van der Waals surface area (Å²) < 4.78 is 27.3. The van der Waals surface area contributed by atoms with E-state index < -0.39 is 108 Å². The molecule has 0 saturated carbocycles. The van der Waals surface area contributed by atoms with Crippen molar-refractivity contribution in [3.63, 3.8) is 0 Å². The number of hydrogen-bond acceptors (Lipinski definition) is 16. The Morgan fingerprint density at radius 3 is 2.10 bits per heavy atom. The summed E-state index contributed by atoms with van der Waals surface area (Å²) in [5, 5.41) is 102. The molecule has 2 fully saturated rings. The molecular weight excluding hydrogens is 568 g/mol. The number of aliphatic hydroxyl groups excluding tert-OH is 7. The van der Waals surface area contributed by atoms with Gasteiger partial charge in [-0.3, -0.25) is 4.79 Å². The van der Waals surface area contributed by atoms with Crippen molar-refractivity contribution in [1.82, 2.24) is 0 Å². The van der Waals surface area contributed by atoms with Crippen LogP contribution in [0.2, 0.25) is 0 Å². The topological polar surface area (TPSA) is 269 Å². The molecule has 2 saturated heterocycles. The van der Waals surface area contributed by atoms with Crippen molar-refractivity contribution in [2.45, 2.75) is 55.3 Å². The van der Waals surface area contributed by atoms with E-state index in [9.17, 15) is 55.9 Å². The predicted molar refractivity (Wildman–Crippen MR) is 136 cm³/mol. The molecule has 0 spiro atoms. The van der Waals surface area contributed by atoms with Gasteiger partial charge in [-0.2, -0.15) is 0 Å². The first-order valence-electron chi connectivity index (χ1n) is 12.6. The molecule has 0 unspecified atom stereocenters. The Balaban J connectivity index is 1.66. The summed E-state index contributed by atoms with van der Waals surface area (Å²) in [4.78, 5) is 13.3. The third-order valence-electron chi connectivity index (χ3n) is 6.96. The van der Waals surface area contributed by atoms with Crippen LogP contribution in [0.15, 0.2) is 39.5 Å². The predicted octanol–water partition coefficient (Wildman–Crippen LogP) is -2.43. The third-order valence-corrected chi connectivity index (χ3v) is 6.96. The fraction of sp³-hybridized carbons (Fsp3) is 0.423.